The number of benzene rings is 2. The number of nitrogens with zero attached hydrogens (tertiary/aromatic N) is 1. The number of methoxy groups -OCH3 is 2. The second-order valence-electron chi connectivity index (χ2n) is 6.21. The van der Waals surface area contributed by atoms with E-state index in [1.807, 2.05) is 0 Å². The molecule has 0 aliphatic heterocycles. The van der Waals surface area contributed by atoms with E-state index < -0.39 is 16.0 Å². The molecular weight excluding hydrogens is 428 g/mol. The fourth-order valence-electron chi connectivity index (χ4n) is 2.68. The van der Waals surface area contributed by atoms with Crippen LogP contribution >= 0.6 is 11.3 Å². The molecule has 2 aromatic carbocycles. The van der Waals surface area contributed by atoms with Crippen LogP contribution in [0.15, 0.2) is 53.6 Å². The fraction of sp³-hybridized carbons (Fsp3) is 0.200. The molecule has 0 saturated heterocycles. The molecule has 30 heavy (non-hydrogen) atoms. The van der Waals surface area contributed by atoms with E-state index in [1.165, 1.54) is 37.7 Å². The van der Waals surface area contributed by atoms with Crippen LogP contribution in [0.25, 0.3) is 10.4 Å². The predicted molar refractivity (Wildman–Crippen MR) is 114 cm³/mol. The molecule has 8 nitrogen and oxygen atoms in total. The Labute approximate surface area is 178 Å². The molecule has 1 aromatic heterocycles. The van der Waals surface area contributed by atoms with Gasteiger partial charge in [-0.05, 0) is 29.8 Å². The van der Waals surface area contributed by atoms with Crippen molar-refractivity contribution in [3.05, 3.63) is 53.7 Å². The van der Waals surface area contributed by atoms with Crippen molar-refractivity contribution in [1.29, 1.82) is 0 Å². The Balaban J connectivity index is 1.76. The molecule has 1 heterocycles. The Hall–Kier alpha value is -3.11. The number of sulfonamides is 1. The highest BCUT2D eigenvalue weighted by atomic mass is 32.2. The number of rotatable bonds is 9. The van der Waals surface area contributed by atoms with Crippen molar-refractivity contribution in [3.63, 3.8) is 0 Å². The number of nitrogens with one attached hydrogen (secondary N) is 1. The second kappa shape index (κ2) is 9.14. The molecular formula is C20H20N2O6S2. The average molecular weight is 449 g/mol. The molecule has 0 aliphatic carbocycles. The molecule has 0 radical (unpaired) electrons. The number of thiazole rings is 1. The van der Waals surface area contributed by atoms with E-state index in [0.717, 1.165) is 15.4 Å². The van der Waals surface area contributed by atoms with Gasteiger partial charge in [0.15, 0.2) is 0 Å². The smallest absolute Gasteiger partial charge is 0.303 e. The number of aliphatic carboxylic acids is 1. The Morgan fingerprint density at radius 1 is 1.13 bits per heavy atom. The number of carboxylic acid groups (broad SMARTS) is 1. The maximum absolute atomic E-state index is 12.8. The first-order valence-corrected chi connectivity index (χ1v) is 11.1. The molecule has 0 amide bonds. The number of ether oxygens (including phenoxy) is 2. The van der Waals surface area contributed by atoms with Gasteiger partial charge in [-0.2, -0.15) is 0 Å². The van der Waals surface area contributed by atoms with E-state index in [9.17, 15) is 13.2 Å². The van der Waals surface area contributed by atoms with E-state index in [-0.39, 0.29) is 17.1 Å². The monoisotopic (exact) mass is 448 g/mol. The van der Waals surface area contributed by atoms with E-state index in [1.54, 1.807) is 36.5 Å². The molecule has 3 rings (SSSR count). The molecule has 0 fully saturated rings. The minimum atomic E-state index is -3.87. The summed E-state index contributed by atoms with van der Waals surface area (Å²) in [5.74, 6) is -0.198. The molecule has 0 atom stereocenters. The summed E-state index contributed by atoms with van der Waals surface area (Å²) in [7, 11) is -0.988. The van der Waals surface area contributed by atoms with Gasteiger partial charge in [-0.1, -0.05) is 12.1 Å². The quantitative estimate of drug-likeness (QED) is 0.513. The van der Waals surface area contributed by atoms with Crippen molar-refractivity contribution in [2.24, 2.45) is 0 Å². The number of hydrogen-bond acceptors (Lipinski definition) is 7. The Kier molecular flexibility index (Phi) is 6.58. The van der Waals surface area contributed by atoms with Gasteiger partial charge in [-0.15, -0.1) is 11.3 Å². The maximum Gasteiger partial charge on any atom is 0.303 e. The van der Waals surface area contributed by atoms with Crippen LogP contribution in [-0.2, 0) is 21.2 Å². The number of anilines is 1. The minimum absolute atomic E-state index is 0.000376. The highest BCUT2D eigenvalue weighted by molar-refractivity contribution is 7.92. The summed E-state index contributed by atoms with van der Waals surface area (Å²) < 4.78 is 38.4. The van der Waals surface area contributed by atoms with Crippen LogP contribution in [0, 0.1) is 0 Å². The van der Waals surface area contributed by atoms with E-state index in [2.05, 4.69) is 9.71 Å². The maximum atomic E-state index is 12.8. The van der Waals surface area contributed by atoms with Gasteiger partial charge in [-0.3, -0.25) is 9.52 Å². The third-order valence-electron chi connectivity index (χ3n) is 4.19. The van der Waals surface area contributed by atoms with Gasteiger partial charge in [-0.25, -0.2) is 13.4 Å². The zero-order chi connectivity index (χ0) is 21.7. The minimum Gasteiger partial charge on any atom is -0.497 e. The lowest BCUT2D eigenvalue weighted by atomic mass is 10.2. The van der Waals surface area contributed by atoms with Crippen molar-refractivity contribution in [2.45, 2.75) is 17.7 Å². The summed E-state index contributed by atoms with van der Waals surface area (Å²) in [4.78, 5) is 15.8. The highest BCUT2D eigenvalue weighted by Gasteiger charge is 2.20. The molecule has 0 bridgehead atoms. The fourth-order valence-corrected chi connectivity index (χ4v) is 4.82. The van der Waals surface area contributed by atoms with Crippen molar-refractivity contribution in [3.8, 4) is 21.9 Å². The lowest BCUT2D eigenvalue weighted by Crippen LogP contribution is -2.14. The first kappa shape index (κ1) is 21.6. The lowest BCUT2D eigenvalue weighted by Gasteiger charge is -2.13. The first-order valence-electron chi connectivity index (χ1n) is 8.84. The van der Waals surface area contributed by atoms with Crippen LogP contribution in [0.4, 0.5) is 5.69 Å². The van der Waals surface area contributed by atoms with E-state index >= 15 is 0 Å². The van der Waals surface area contributed by atoms with Gasteiger partial charge in [0.05, 0.1) is 30.5 Å². The number of aryl methyl sites for hydroxylation is 1. The summed E-state index contributed by atoms with van der Waals surface area (Å²) in [6.45, 7) is 0. The van der Waals surface area contributed by atoms with Gasteiger partial charge in [0.25, 0.3) is 10.0 Å². The van der Waals surface area contributed by atoms with Gasteiger partial charge >= 0.3 is 5.97 Å². The molecule has 0 saturated carbocycles. The molecule has 0 spiro atoms. The van der Waals surface area contributed by atoms with Crippen LogP contribution in [0.1, 0.15) is 11.4 Å². The molecule has 10 heteroatoms. The summed E-state index contributed by atoms with van der Waals surface area (Å²) in [5, 5.41) is 9.51. The summed E-state index contributed by atoms with van der Waals surface area (Å²) in [6.07, 6.45) is 2.09. The first-order chi connectivity index (χ1) is 14.3. The van der Waals surface area contributed by atoms with Crippen LogP contribution < -0.4 is 14.2 Å². The molecule has 2 N–H and O–H groups in total. The largest absolute Gasteiger partial charge is 0.497 e. The average Bonchev–Trinajstić information content (AvgIpc) is 3.21. The molecule has 158 valence electrons. The number of hydrogen-bond donors (Lipinski definition) is 2. The van der Waals surface area contributed by atoms with E-state index in [0.29, 0.717) is 17.9 Å². The SMILES string of the molecule is COc1ccc(S(=O)(=O)Nc2ccc(-c3cnc(CCC(=O)O)s3)cc2)c(OC)c1. The third-order valence-corrected chi connectivity index (χ3v) is 6.72. The van der Waals surface area contributed by atoms with Crippen molar-refractivity contribution in [1.82, 2.24) is 4.98 Å². The van der Waals surface area contributed by atoms with Crippen molar-refractivity contribution in [2.75, 3.05) is 18.9 Å². The zero-order valence-corrected chi connectivity index (χ0v) is 17.9. The molecule has 0 aliphatic rings. The normalized spacial score (nSPS) is 11.1. The zero-order valence-electron chi connectivity index (χ0n) is 16.3. The van der Waals surface area contributed by atoms with Crippen molar-refractivity contribution >= 4 is 33.0 Å². The van der Waals surface area contributed by atoms with Crippen LogP contribution in [0.2, 0.25) is 0 Å². The van der Waals surface area contributed by atoms with Crippen LogP contribution in [-0.4, -0.2) is 38.7 Å². The van der Waals surface area contributed by atoms with E-state index in [4.69, 9.17) is 14.6 Å². The second-order valence-corrected chi connectivity index (χ2v) is 8.98. The lowest BCUT2D eigenvalue weighted by molar-refractivity contribution is -0.136. The van der Waals surface area contributed by atoms with Crippen LogP contribution in [0.5, 0.6) is 11.5 Å². The third kappa shape index (κ3) is 5.08. The summed E-state index contributed by atoms with van der Waals surface area (Å²) in [5.41, 5.74) is 1.26. The van der Waals surface area contributed by atoms with Crippen LogP contribution in [0.3, 0.4) is 0 Å². The number of aromatic nitrogens is 1. The Morgan fingerprint density at radius 2 is 1.87 bits per heavy atom. The van der Waals surface area contributed by atoms with Gasteiger partial charge in [0.1, 0.15) is 16.4 Å². The Morgan fingerprint density at radius 3 is 2.50 bits per heavy atom. The summed E-state index contributed by atoms with van der Waals surface area (Å²) in [6, 6.07) is 11.3. The number of carbonyl (C=O) groups is 1. The van der Waals surface area contributed by atoms with Gasteiger partial charge in [0.2, 0.25) is 0 Å². The highest BCUT2D eigenvalue weighted by Crippen LogP contribution is 2.31. The van der Waals surface area contributed by atoms with Crippen molar-refractivity contribution < 1.29 is 27.8 Å². The predicted octanol–water partition coefficient (Wildman–Crippen LogP) is 3.65. The topological polar surface area (TPSA) is 115 Å². The molecule has 0 unspecified atom stereocenters. The summed E-state index contributed by atoms with van der Waals surface area (Å²) >= 11 is 1.41. The number of carboxylic acids is 1. The van der Waals surface area contributed by atoms with Gasteiger partial charge < -0.3 is 14.6 Å². The standard InChI is InChI=1S/C20H20N2O6S2/c1-27-15-7-8-18(16(11-15)28-2)30(25,26)22-14-5-3-13(4-6-14)17-12-21-19(29-17)9-10-20(23)24/h3-8,11-12,22H,9-10H2,1-2H3,(H,23,24). The van der Waals surface area contributed by atoms with Gasteiger partial charge in [0, 0.05) is 24.4 Å². The molecule has 3 aromatic rings. The Bertz CT molecular complexity index is 1140.